The number of aromatic nitrogens is 2. The van der Waals surface area contributed by atoms with Crippen molar-refractivity contribution in [1.82, 2.24) is 15.1 Å². The average Bonchev–Trinajstić information content (AvgIpc) is 3.17. The summed E-state index contributed by atoms with van der Waals surface area (Å²) in [6, 6.07) is 11.2. The number of aryl methyl sites for hydroxylation is 3. The molecule has 1 amide bonds. The maximum absolute atomic E-state index is 12.2. The molecule has 2 aromatic heterocycles. The molecule has 1 N–H and O–H groups in total. The van der Waals surface area contributed by atoms with Crippen LogP contribution in [0.2, 0.25) is 0 Å². The Balaban J connectivity index is 1.55. The van der Waals surface area contributed by atoms with E-state index >= 15 is 0 Å². The molecular formula is C19H21N3O3. The zero-order valence-electron chi connectivity index (χ0n) is 14.6. The van der Waals surface area contributed by atoms with Gasteiger partial charge in [0.2, 0.25) is 0 Å². The van der Waals surface area contributed by atoms with E-state index in [0.717, 1.165) is 22.6 Å². The van der Waals surface area contributed by atoms with Crippen LogP contribution in [0.25, 0.3) is 0 Å². The monoisotopic (exact) mass is 339 g/mol. The molecule has 0 unspecified atom stereocenters. The van der Waals surface area contributed by atoms with Crippen LogP contribution in [0.3, 0.4) is 0 Å². The zero-order chi connectivity index (χ0) is 17.8. The van der Waals surface area contributed by atoms with Gasteiger partial charge in [-0.15, -0.1) is 0 Å². The molecule has 130 valence electrons. The topological polar surface area (TPSA) is 69.3 Å². The van der Waals surface area contributed by atoms with Gasteiger partial charge in [-0.25, -0.2) is 0 Å². The van der Waals surface area contributed by atoms with Crippen molar-refractivity contribution in [2.45, 2.75) is 27.0 Å². The van der Waals surface area contributed by atoms with Crippen molar-refractivity contribution in [1.29, 1.82) is 0 Å². The number of nitrogens with zero attached hydrogens (tertiary/aromatic N) is 2. The minimum atomic E-state index is -0.259. The third-order valence-electron chi connectivity index (χ3n) is 3.81. The molecule has 6 heteroatoms. The predicted molar refractivity (Wildman–Crippen MR) is 93.3 cm³/mol. The number of carbonyl (C=O) groups excluding carboxylic acids is 1. The van der Waals surface area contributed by atoms with Crippen molar-refractivity contribution < 1.29 is 13.9 Å². The van der Waals surface area contributed by atoms with Gasteiger partial charge in [0.15, 0.2) is 5.76 Å². The van der Waals surface area contributed by atoms with Crippen LogP contribution in [0.5, 0.6) is 5.75 Å². The smallest absolute Gasteiger partial charge is 0.287 e. The summed E-state index contributed by atoms with van der Waals surface area (Å²) in [6.07, 6.45) is 1.89. The second kappa shape index (κ2) is 7.25. The Hall–Kier alpha value is -3.02. The normalized spacial score (nSPS) is 10.7. The maximum atomic E-state index is 12.2. The first-order valence-electron chi connectivity index (χ1n) is 8.07. The Morgan fingerprint density at radius 2 is 2.12 bits per heavy atom. The average molecular weight is 339 g/mol. The second-order valence-electron chi connectivity index (χ2n) is 5.97. The molecule has 0 saturated carbocycles. The Labute approximate surface area is 146 Å². The molecule has 1 aromatic carbocycles. The predicted octanol–water partition coefficient (Wildman–Crippen LogP) is 3.14. The number of benzene rings is 1. The van der Waals surface area contributed by atoms with E-state index in [9.17, 15) is 4.79 Å². The molecule has 2 heterocycles. The van der Waals surface area contributed by atoms with Gasteiger partial charge in [0, 0.05) is 25.4 Å². The maximum Gasteiger partial charge on any atom is 0.287 e. The highest BCUT2D eigenvalue weighted by Crippen LogP contribution is 2.16. The van der Waals surface area contributed by atoms with E-state index in [1.54, 1.807) is 16.8 Å². The second-order valence-corrected chi connectivity index (χ2v) is 5.97. The molecule has 0 aliphatic heterocycles. The first-order chi connectivity index (χ1) is 12.0. The summed E-state index contributed by atoms with van der Waals surface area (Å²) in [5.41, 5.74) is 3.00. The molecule has 6 nitrogen and oxygen atoms in total. The van der Waals surface area contributed by atoms with Crippen LogP contribution < -0.4 is 10.1 Å². The van der Waals surface area contributed by atoms with E-state index in [-0.39, 0.29) is 18.3 Å². The summed E-state index contributed by atoms with van der Waals surface area (Å²) in [5.74, 6) is 1.38. The van der Waals surface area contributed by atoms with Crippen LogP contribution in [-0.4, -0.2) is 15.7 Å². The number of hydrogen-bond acceptors (Lipinski definition) is 4. The van der Waals surface area contributed by atoms with Crippen LogP contribution in [0.15, 0.2) is 47.0 Å². The van der Waals surface area contributed by atoms with Crippen molar-refractivity contribution in [3.63, 3.8) is 0 Å². The lowest BCUT2D eigenvalue weighted by Crippen LogP contribution is -2.22. The SMILES string of the molecule is Cc1cccc(OCc2ccc(C(=O)NCc3cn(C)nc3C)o2)c1. The Morgan fingerprint density at radius 3 is 2.84 bits per heavy atom. The van der Waals surface area contributed by atoms with E-state index in [4.69, 9.17) is 9.15 Å². The Bertz CT molecular complexity index is 880. The van der Waals surface area contributed by atoms with Crippen LogP contribution in [-0.2, 0) is 20.2 Å². The first kappa shape index (κ1) is 16.8. The molecule has 0 radical (unpaired) electrons. The zero-order valence-corrected chi connectivity index (χ0v) is 14.6. The molecule has 0 aliphatic rings. The van der Waals surface area contributed by atoms with Crippen molar-refractivity contribution in [3.05, 3.63) is 70.9 Å². The standard InChI is InChI=1S/C19H21N3O3/c1-13-5-4-6-16(9-13)24-12-17-7-8-18(25-17)19(23)20-10-15-11-22(3)21-14(15)2/h4-9,11H,10,12H2,1-3H3,(H,20,23). The van der Waals surface area contributed by atoms with Gasteiger partial charge in [-0.3, -0.25) is 9.48 Å². The molecular weight excluding hydrogens is 318 g/mol. The minimum absolute atomic E-state index is 0.259. The molecule has 0 bridgehead atoms. The molecule has 0 fully saturated rings. The van der Waals surface area contributed by atoms with Gasteiger partial charge in [0.05, 0.1) is 5.69 Å². The van der Waals surface area contributed by atoms with Crippen LogP contribution >= 0.6 is 0 Å². The molecule has 3 rings (SSSR count). The van der Waals surface area contributed by atoms with E-state index in [2.05, 4.69) is 10.4 Å². The van der Waals surface area contributed by atoms with E-state index < -0.39 is 0 Å². The van der Waals surface area contributed by atoms with Gasteiger partial charge in [0.1, 0.15) is 18.1 Å². The van der Waals surface area contributed by atoms with E-state index in [1.165, 1.54) is 0 Å². The highest BCUT2D eigenvalue weighted by atomic mass is 16.5. The summed E-state index contributed by atoms with van der Waals surface area (Å²) in [4.78, 5) is 12.2. The largest absolute Gasteiger partial charge is 0.486 e. The van der Waals surface area contributed by atoms with Crippen molar-refractivity contribution in [3.8, 4) is 5.75 Å². The molecule has 0 spiro atoms. The molecule has 25 heavy (non-hydrogen) atoms. The lowest BCUT2D eigenvalue weighted by atomic mass is 10.2. The number of amides is 1. The first-order valence-corrected chi connectivity index (χ1v) is 8.07. The van der Waals surface area contributed by atoms with Crippen molar-refractivity contribution in [2.75, 3.05) is 0 Å². The van der Waals surface area contributed by atoms with Crippen molar-refractivity contribution >= 4 is 5.91 Å². The number of carbonyl (C=O) groups is 1. The van der Waals surface area contributed by atoms with Crippen molar-refractivity contribution in [2.24, 2.45) is 7.05 Å². The Kier molecular flexibility index (Phi) is 4.88. The summed E-state index contributed by atoms with van der Waals surface area (Å²) < 4.78 is 13.0. The Morgan fingerprint density at radius 1 is 1.28 bits per heavy atom. The minimum Gasteiger partial charge on any atom is -0.486 e. The summed E-state index contributed by atoms with van der Waals surface area (Å²) in [5, 5.41) is 7.09. The number of rotatable bonds is 6. The van der Waals surface area contributed by atoms with Gasteiger partial charge in [-0.1, -0.05) is 12.1 Å². The fraction of sp³-hybridized carbons (Fsp3) is 0.263. The summed E-state index contributed by atoms with van der Waals surface area (Å²) >= 11 is 0. The van der Waals surface area contributed by atoms with Gasteiger partial charge in [0.25, 0.3) is 5.91 Å². The highest BCUT2D eigenvalue weighted by molar-refractivity contribution is 5.91. The highest BCUT2D eigenvalue weighted by Gasteiger charge is 2.12. The summed E-state index contributed by atoms with van der Waals surface area (Å²) in [6.45, 7) is 4.61. The lowest BCUT2D eigenvalue weighted by molar-refractivity contribution is 0.0919. The van der Waals surface area contributed by atoms with E-state index in [1.807, 2.05) is 51.4 Å². The van der Waals surface area contributed by atoms with Gasteiger partial charge >= 0.3 is 0 Å². The molecule has 0 saturated heterocycles. The molecule has 0 aliphatic carbocycles. The van der Waals surface area contributed by atoms with Gasteiger partial charge in [-0.2, -0.15) is 5.10 Å². The summed E-state index contributed by atoms with van der Waals surface area (Å²) in [7, 11) is 1.85. The third-order valence-corrected chi connectivity index (χ3v) is 3.81. The lowest BCUT2D eigenvalue weighted by Gasteiger charge is -2.05. The van der Waals surface area contributed by atoms with Gasteiger partial charge in [-0.05, 0) is 43.7 Å². The number of furan rings is 1. The van der Waals surface area contributed by atoms with Crippen LogP contribution in [0.1, 0.15) is 33.1 Å². The van der Waals surface area contributed by atoms with Crippen LogP contribution in [0.4, 0.5) is 0 Å². The van der Waals surface area contributed by atoms with E-state index in [0.29, 0.717) is 12.3 Å². The number of ether oxygens (including phenoxy) is 1. The fourth-order valence-corrected chi connectivity index (χ4v) is 2.52. The molecule has 0 atom stereocenters. The third kappa shape index (κ3) is 4.29. The number of hydrogen-bond donors (Lipinski definition) is 1. The van der Waals surface area contributed by atoms with Gasteiger partial charge < -0.3 is 14.5 Å². The van der Waals surface area contributed by atoms with Crippen LogP contribution in [0, 0.1) is 13.8 Å². The quantitative estimate of drug-likeness (QED) is 0.749. The molecule has 3 aromatic rings. The number of nitrogens with one attached hydrogen (secondary N) is 1. The fourth-order valence-electron chi connectivity index (χ4n) is 2.52.